The van der Waals surface area contributed by atoms with Crippen molar-refractivity contribution in [1.29, 1.82) is 0 Å². The van der Waals surface area contributed by atoms with Crippen LogP contribution in [-0.2, 0) is 25.7 Å². The van der Waals surface area contributed by atoms with Crippen molar-refractivity contribution < 1.29 is 19.2 Å². The molecule has 1 fully saturated rings. The predicted molar refractivity (Wildman–Crippen MR) is 126 cm³/mol. The van der Waals surface area contributed by atoms with Gasteiger partial charge in [0, 0.05) is 26.1 Å². The van der Waals surface area contributed by atoms with Gasteiger partial charge in [-0.15, -0.1) is 0 Å². The molecule has 33 heavy (non-hydrogen) atoms. The summed E-state index contributed by atoms with van der Waals surface area (Å²) in [5.41, 5.74) is 2.02. The van der Waals surface area contributed by atoms with Gasteiger partial charge in [-0.1, -0.05) is 55.8 Å². The number of hydrogen-bond acceptors (Lipinski definition) is 4. The molecule has 0 bridgehead atoms. The number of amides is 4. The van der Waals surface area contributed by atoms with Crippen LogP contribution in [0.25, 0.3) is 0 Å². The van der Waals surface area contributed by atoms with E-state index in [1.807, 2.05) is 57.2 Å². The third-order valence-electron chi connectivity index (χ3n) is 6.52. The van der Waals surface area contributed by atoms with Crippen LogP contribution in [0, 0.1) is 18.8 Å². The second-order valence-electron chi connectivity index (χ2n) is 8.96. The summed E-state index contributed by atoms with van der Waals surface area (Å²) >= 11 is 0. The van der Waals surface area contributed by atoms with Gasteiger partial charge in [0.1, 0.15) is 6.04 Å². The van der Waals surface area contributed by atoms with E-state index in [1.54, 1.807) is 4.90 Å². The van der Waals surface area contributed by atoms with Crippen LogP contribution in [0.4, 0.5) is 0 Å². The van der Waals surface area contributed by atoms with Crippen LogP contribution >= 0.6 is 0 Å². The maximum absolute atomic E-state index is 13.4. The zero-order chi connectivity index (χ0) is 24.0. The van der Waals surface area contributed by atoms with Gasteiger partial charge in [0.05, 0.1) is 11.8 Å². The molecule has 1 aliphatic heterocycles. The van der Waals surface area contributed by atoms with Gasteiger partial charge in [0.15, 0.2) is 0 Å². The highest BCUT2D eigenvalue weighted by atomic mass is 16.2. The number of likely N-dealkylation sites (tertiary alicyclic amines) is 1. The molecule has 1 heterocycles. The highest BCUT2D eigenvalue weighted by Crippen LogP contribution is 2.35. The zero-order valence-electron chi connectivity index (χ0n) is 19.9. The minimum Gasteiger partial charge on any atom is -0.354 e. The Morgan fingerprint density at radius 2 is 1.79 bits per heavy atom. The molecule has 0 saturated carbocycles. The first kappa shape index (κ1) is 24.7. The summed E-state index contributed by atoms with van der Waals surface area (Å²) in [4.78, 5) is 54.6. The molecule has 7 heteroatoms. The molecule has 1 aromatic rings. The molecule has 0 unspecified atom stereocenters. The van der Waals surface area contributed by atoms with E-state index >= 15 is 0 Å². The van der Waals surface area contributed by atoms with E-state index in [2.05, 4.69) is 5.32 Å². The molecule has 1 N–H and O–H groups in total. The van der Waals surface area contributed by atoms with Crippen LogP contribution in [0.5, 0.6) is 0 Å². The summed E-state index contributed by atoms with van der Waals surface area (Å²) in [6.07, 6.45) is 6.35. The number of carbonyl (C=O) groups is 4. The van der Waals surface area contributed by atoms with E-state index in [4.69, 9.17) is 0 Å². The molecular formula is C26H35N3O4. The van der Waals surface area contributed by atoms with Gasteiger partial charge < -0.3 is 10.2 Å². The Bertz CT molecular complexity index is 900. The van der Waals surface area contributed by atoms with Crippen LogP contribution in [0.3, 0.4) is 0 Å². The maximum atomic E-state index is 13.4. The fourth-order valence-corrected chi connectivity index (χ4v) is 4.73. The Kier molecular flexibility index (Phi) is 8.42. The first-order valence-corrected chi connectivity index (χ1v) is 12.0. The Balaban J connectivity index is 1.74. The molecule has 4 amide bonds. The molecule has 0 radical (unpaired) electrons. The van der Waals surface area contributed by atoms with Crippen LogP contribution in [0.2, 0.25) is 0 Å². The third kappa shape index (κ3) is 5.70. The van der Waals surface area contributed by atoms with Crippen molar-refractivity contribution in [1.82, 2.24) is 15.1 Å². The van der Waals surface area contributed by atoms with Crippen LogP contribution in [0.15, 0.2) is 36.4 Å². The van der Waals surface area contributed by atoms with Crippen LogP contribution < -0.4 is 5.32 Å². The fraction of sp³-hybridized carbons (Fsp3) is 0.538. The van der Waals surface area contributed by atoms with Gasteiger partial charge in [0.25, 0.3) is 0 Å². The third-order valence-corrected chi connectivity index (χ3v) is 6.52. The molecule has 3 rings (SSSR count). The first-order chi connectivity index (χ1) is 15.9. The van der Waals surface area contributed by atoms with Crippen molar-refractivity contribution in [2.45, 2.75) is 65.5 Å². The van der Waals surface area contributed by atoms with Gasteiger partial charge in [0.2, 0.25) is 23.6 Å². The normalized spacial score (nSPS) is 20.5. The van der Waals surface area contributed by atoms with E-state index in [0.717, 1.165) is 17.5 Å². The number of nitrogens with one attached hydrogen (secondary N) is 1. The van der Waals surface area contributed by atoms with Gasteiger partial charge in [-0.25, -0.2) is 0 Å². The average Bonchev–Trinajstić information content (AvgIpc) is 3.05. The van der Waals surface area contributed by atoms with Crippen molar-refractivity contribution >= 4 is 23.6 Å². The van der Waals surface area contributed by atoms with Crippen molar-refractivity contribution in [2.75, 3.05) is 13.1 Å². The Hall–Kier alpha value is -2.96. The molecular weight excluding hydrogens is 418 g/mol. The quantitative estimate of drug-likeness (QED) is 0.436. The number of hydrogen-bond donors (Lipinski definition) is 1. The molecule has 1 saturated heterocycles. The van der Waals surface area contributed by atoms with E-state index in [9.17, 15) is 19.2 Å². The van der Waals surface area contributed by atoms with E-state index in [0.29, 0.717) is 32.4 Å². The molecule has 0 spiro atoms. The smallest absolute Gasteiger partial charge is 0.242 e. The molecule has 1 aromatic carbocycles. The zero-order valence-corrected chi connectivity index (χ0v) is 19.9. The highest BCUT2D eigenvalue weighted by molar-refractivity contribution is 6.05. The van der Waals surface area contributed by atoms with Gasteiger partial charge >= 0.3 is 0 Å². The first-order valence-electron chi connectivity index (χ1n) is 12.0. The van der Waals surface area contributed by atoms with E-state index in [-0.39, 0.29) is 48.4 Å². The summed E-state index contributed by atoms with van der Waals surface area (Å²) in [6.45, 7) is 6.76. The Morgan fingerprint density at radius 1 is 1.12 bits per heavy atom. The molecule has 7 nitrogen and oxygen atoms in total. The largest absolute Gasteiger partial charge is 0.354 e. The number of nitrogens with zero attached hydrogens (tertiary/aromatic N) is 2. The lowest BCUT2D eigenvalue weighted by Gasteiger charge is -2.31. The summed E-state index contributed by atoms with van der Waals surface area (Å²) < 4.78 is 0. The molecule has 178 valence electrons. The lowest BCUT2D eigenvalue weighted by atomic mass is 9.85. The number of aryl methyl sites for hydroxylation is 1. The average molecular weight is 454 g/mol. The van der Waals surface area contributed by atoms with E-state index < -0.39 is 6.04 Å². The number of benzene rings is 1. The molecule has 0 aromatic heterocycles. The van der Waals surface area contributed by atoms with Gasteiger partial charge in [-0.05, 0) is 38.2 Å². The lowest BCUT2D eigenvalue weighted by molar-refractivity contribution is -0.144. The monoisotopic (exact) mass is 453 g/mol. The lowest BCUT2D eigenvalue weighted by Crippen LogP contribution is -2.49. The van der Waals surface area contributed by atoms with E-state index in [1.165, 1.54) is 4.90 Å². The highest BCUT2D eigenvalue weighted by Gasteiger charge is 2.47. The van der Waals surface area contributed by atoms with Crippen molar-refractivity contribution in [3.8, 4) is 0 Å². The van der Waals surface area contributed by atoms with Crippen molar-refractivity contribution in [3.63, 3.8) is 0 Å². The second-order valence-corrected chi connectivity index (χ2v) is 8.96. The summed E-state index contributed by atoms with van der Waals surface area (Å²) in [6, 6.07) is 7.25. The Morgan fingerprint density at radius 3 is 2.36 bits per heavy atom. The van der Waals surface area contributed by atoms with Crippen molar-refractivity contribution in [2.24, 2.45) is 11.8 Å². The summed E-state index contributed by atoms with van der Waals surface area (Å²) in [5.74, 6) is -1.37. The second kappa shape index (κ2) is 11.3. The number of rotatable bonds is 10. The van der Waals surface area contributed by atoms with Crippen LogP contribution in [0.1, 0.15) is 57.1 Å². The molecule has 1 aliphatic carbocycles. The number of carbonyl (C=O) groups excluding carboxylic acids is 4. The number of allylic oxidation sites excluding steroid dienone is 2. The van der Waals surface area contributed by atoms with Gasteiger partial charge in [-0.2, -0.15) is 0 Å². The topological polar surface area (TPSA) is 86.8 Å². The standard InChI is InChI=1S/C26H35N3O4/c1-4-14-27-24(31)22(5-2)29(17-19-10-8-9-18(3)16-19)23(30)13-15-28-25(32)20-11-6-7-12-21(20)26(28)33/h6-10,16,20-22H,4-5,11-15,17H2,1-3H3,(H,27,31)/t20-,21+,22-/m0/s1. The predicted octanol–water partition coefficient (Wildman–Crippen LogP) is 2.97. The summed E-state index contributed by atoms with van der Waals surface area (Å²) in [7, 11) is 0. The maximum Gasteiger partial charge on any atom is 0.242 e. The fourth-order valence-electron chi connectivity index (χ4n) is 4.73. The number of imide groups is 1. The molecule has 2 aliphatic rings. The molecule has 3 atom stereocenters. The minimum atomic E-state index is -0.610. The number of fused-ring (bicyclic) bond motifs is 1. The van der Waals surface area contributed by atoms with Gasteiger partial charge in [-0.3, -0.25) is 24.1 Å². The summed E-state index contributed by atoms with van der Waals surface area (Å²) in [5, 5.41) is 2.90. The minimum absolute atomic E-state index is 0.00766. The SMILES string of the molecule is CCCNC(=O)[C@H](CC)N(Cc1cccc(C)c1)C(=O)CCN1C(=O)[C@H]2CC=CC[C@H]2C1=O. The van der Waals surface area contributed by atoms with Crippen molar-refractivity contribution in [3.05, 3.63) is 47.5 Å². The van der Waals surface area contributed by atoms with Crippen LogP contribution in [-0.4, -0.2) is 52.6 Å². The Labute approximate surface area is 196 Å².